The van der Waals surface area contributed by atoms with Gasteiger partial charge in [-0.1, -0.05) is 57.2 Å². The minimum Gasteiger partial charge on any atom is -0.461 e. The summed E-state index contributed by atoms with van der Waals surface area (Å²) < 4.78 is 8.03. The van der Waals surface area contributed by atoms with Gasteiger partial charge in [0, 0.05) is 11.9 Å². The van der Waals surface area contributed by atoms with Crippen LogP contribution in [0.4, 0.5) is 0 Å². The van der Waals surface area contributed by atoms with Crippen molar-refractivity contribution in [1.82, 2.24) is 19.7 Å². The first-order valence-corrected chi connectivity index (χ1v) is 11.9. The number of rotatable bonds is 6. The zero-order valence-electron chi connectivity index (χ0n) is 18.2. The number of ether oxygens (including phenoxy) is 1. The van der Waals surface area contributed by atoms with E-state index in [1.54, 1.807) is 0 Å². The molecule has 0 bridgehead atoms. The van der Waals surface area contributed by atoms with Gasteiger partial charge in [-0.3, -0.25) is 4.79 Å². The van der Waals surface area contributed by atoms with Crippen molar-refractivity contribution >= 4 is 39.8 Å². The Morgan fingerprint density at radius 1 is 1.27 bits per heavy atom. The fourth-order valence-electron chi connectivity index (χ4n) is 4.65. The number of carbonyl (C=O) groups is 1. The normalized spacial score (nSPS) is 22.1. The molecule has 30 heavy (non-hydrogen) atoms. The fourth-order valence-corrected chi connectivity index (χ4v) is 5.21. The third-order valence-electron chi connectivity index (χ3n) is 6.23. The molecule has 160 valence electrons. The molecule has 1 aliphatic rings. The van der Waals surface area contributed by atoms with E-state index in [0.29, 0.717) is 22.9 Å². The van der Waals surface area contributed by atoms with Crippen LogP contribution >= 0.6 is 11.8 Å². The van der Waals surface area contributed by atoms with Gasteiger partial charge in [-0.2, -0.15) is 0 Å². The Morgan fingerprint density at radius 3 is 2.83 bits per heavy atom. The molecule has 2 heterocycles. The first-order chi connectivity index (χ1) is 14.5. The van der Waals surface area contributed by atoms with Gasteiger partial charge in [0.2, 0.25) is 5.16 Å². The van der Waals surface area contributed by atoms with Crippen molar-refractivity contribution in [2.45, 2.75) is 64.8 Å². The Kier molecular flexibility index (Phi) is 6.27. The molecule has 0 saturated heterocycles. The van der Waals surface area contributed by atoms with Crippen LogP contribution in [0, 0.1) is 17.8 Å². The Morgan fingerprint density at radius 2 is 2.07 bits per heavy atom. The average Bonchev–Trinajstić information content (AvgIpc) is 3.05. The standard InChI is InChI=1S/C23H30N4O2S/c1-5-27-18-9-7-6-8-17(18)21-22(27)24-23(26-25-21)30-13-20(28)29-19-12-15(4)10-11-16(19)14(2)3/h6-9,14-16,19H,5,10-13H2,1-4H3/t15-,16+,19+/m0/s1. The van der Waals surface area contributed by atoms with Crippen molar-refractivity contribution in [2.24, 2.45) is 17.8 Å². The van der Waals surface area contributed by atoms with Crippen molar-refractivity contribution < 1.29 is 9.53 Å². The molecule has 0 unspecified atom stereocenters. The van der Waals surface area contributed by atoms with Gasteiger partial charge in [0.25, 0.3) is 0 Å². The van der Waals surface area contributed by atoms with Gasteiger partial charge >= 0.3 is 5.97 Å². The monoisotopic (exact) mass is 426 g/mol. The lowest BCUT2D eigenvalue weighted by atomic mass is 9.75. The maximum atomic E-state index is 12.6. The molecule has 1 aliphatic carbocycles. The topological polar surface area (TPSA) is 69.9 Å². The summed E-state index contributed by atoms with van der Waals surface area (Å²) in [6.45, 7) is 9.57. The fraction of sp³-hybridized carbons (Fsp3) is 0.565. The number of esters is 1. The van der Waals surface area contributed by atoms with E-state index in [-0.39, 0.29) is 17.8 Å². The summed E-state index contributed by atoms with van der Waals surface area (Å²) in [6.07, 6.45) is 3.33. The highest BCUT2D eigenvalue weighted by molar-refractivity contribution is 7.99. The maximum Gasteiger partial charge on any atom is 0.316 e. The number of thioether (sulfide) groups is 1. The van der Waals surface area contributed by atoms with Crippen LogP contribution < -0.4 is 0 Å². The molecule has 0 N–H and O–H groups in total. The van der Waals surface area contributed by atoms with Crippen LogP contribution in [0.15, 0.2) is 29.4 Å². The lowest BCUT2D eigenvalue weighted by Gasteiger charge is -2.36. The summed E-state index contributed by atoms with van der Waals surface area (Å²) in [6, 6.07) is 8.13. The highest BCUT2D eigenvalue weighted by atomic mass is 32.2. The van der Waals surface area contributed by atoms with Gasteiger partial charge in [0.15, 0.2) is 5.65 Å². The molecule has 3 atom stereocenters. The number of fused-ring (bicyclic) bond motifs is 3. The summed E-state index contributed by atoms with van der Waals surface area (Å²) in [5.74, 6) is 1.59. The number of nitrogens with zero attached hydrogens (tertiary/aromatic N) is 4. The van der Waals surface area contributed by atoms with Gasteiger partial charge in [0.05, 0.1) is 11.3 Å². The van der Waals surface area contributed by atoms with Crippen molar-refractivity contribution in [3.05, 3.63) is 24.3 Å². The molecule has 4 rings (SSSR count). The Hall–Kier alpha value is -2.15. The summed E-state index contributed by atoms with van der Waals surface area (Å²) in [7, 11) is 0. The van der Waals surface area contributed by atoms with Crippen molar-refractivity contribution in [2.75, 3.05) is 5.75 Å². The minimum atomic E-state index is -0.190. The molecule has 6 nitrogen and oxygen atoms in total. The van der Waals surface area contributed by atoms with Crippen LogP contribution in [0.5, 0.6) is 0 Å². The molecule has 0 radical (unpaired) electrons. The van der Waals surface area contributed by atoms with Gasteiger partial charge in [-0.25, -0.2) is 4.98 Å². The number of hydrogen-bond donors (Lipinski definition) is 0. The summed E-state index contributed by atoms with van der Waals surface area (Å²) in [5, 5.41) is 10.2. The predicted molar refractivity (Wildman–Crippen MR) is 120 cm³/mol. The molecule has 0 spiro atoms. The minimum absolute atomic E-state index is 0.0194. The van der Waals surface area contributed by atoms with E-state index in [2.05, 4.69) is 48.5 Å². The van der Waals surface area contributed by atoms with Gasteiger partial charge in [-0.15, -0.1) is 10.2 Å². The summed E-state index contributed by atoms with van der Waals surface area (Å²) >= 11 is 1.30. The highest BCUT2D eigenvalue weighted by Gasteiger charge is 2.33. The van der Waals surface area contributed by atoms with E-state index in [1.165, 1.54) is 18.2 Å². The second-order valence-electron chi connectivity index (χ2n) is 8.67. The summed E-state index contributed by atoms with van der Waals surface area (Å²) in [4.78, 5) is 17.3. The first kappa shape index (κ1) is 21.1. The van der Waals surface area contributed by atoms with Crippen LogP contribution in [0.3, 0.4) is 0 Å². The van der Waals surface area contributed by atoms with Crippen molar-refractivity contribution in [1.29, 1.82) is 0 Å². The lowest BCUT2D eigenvalue weighted by molar-refractivity contribution is -0.152. The molecule has 1 saturated carbocycles. The molecule has 1 aromatic carbocycles. The summed E-state index contributed by atoms with van der Waals surface area (Å²) in [5.41, 5.74) is 2.71. The predicted octanol–water partition coefficient (Wildman–Crippen LogP) is 5.10. The third-order valence-corrected chi connectivity index (χ3v) is 7.05. The van der Waals surface area contributed by atoms with E-state index in [9.17, 15) is 4.79 Å². The van der Waals surface area contributed by atoms with Gasteiger partial charge < -0.3 is 9.30 Å². The van der Waals surface area contributed by atoms with Crippen LogP contribution in [-0.2, 0) is 16.1 Å². The van der Waals surface area contributed by atoms with E-state index >= 15 is 0 Å². The SMILES string of the molecule is CCn1c2ccccc2c2nnc(SCC(=O)O[C@@H]3C[C@@H](C)CC[C@@H]3C(C)C)nc21. The molecule has 7 heteroatoms. The number of hydrogen-bond acceptors (Lipinski definition) is 6. The van der Waals surface area contributed by atoms with E-state index in [4.69, 9.17) is 9.72 Å². The molecule has 2 aromatic heterocycles. The van der Waals surface area contributed by atoms with E-state index < -0.39 is 0 Å². The zero-order chi connectivity index (χ0) is 21.3. The second kappa shape index (κ2) is 8.92. The van der Waals surface area contributed by atoms with Crippen molar-refractivity contribution in [3.8, 4) is 0 Å². The van der Waals surface area contributed by atoms with Crippen LogP contribution in [0.1, 0.15) is 47.0 Å². The Labute approximate surface area is 181 Å². The molecule has 1 fully saturated rings. The average molecular weight is 427 g/mol. The quantitative estimate of drug-likeness (QED) is 0.404. The van der Waals surface area contributed by atoms with Crippen LogP contribution in [-0.4, -0.2) is 37.6 Å². The van der Waals surface area contributed by atoms with Gasteiger partial charge in [0.1, 0.15) is 11.6 Å². The Bertz CT molecular complexity index is 1050. The lowest BCUT2D eigenvalue weighted by Crippen LogP contribution is -2.36. The van der Waals surface area contributed by atoms with Crippen LogP contribution in [0.25, 0.3) is 22.1 Å². The van der Waals surface area contributed by atoms with Gasteiger partial charge in [-0.05, 0) is 43.6 Å². The van der Waals surface area contributed by atoms with Crippen molar-refractivity contribution in [3.63, 3.8) is 0 Å². The number of benzene rings is 1. The largest absolute Gasteiger partial charge is 0.461 e. The van der Waals surface area contributed by atoms with Crippen LogP contribution in [0.2, 0.25) is 0 Å². The molecule has 3 aromatic rings. The van der Waals surface area contributed by atoms with E-state index in [1.807, 2.05) is 18.2 Å². The first-order valence-electron chi connectivity index (χ1n) is 10.9. The molecule has 0 aliphatic heterocycles. The number of para-hydroxylation sites is 1. The van der Waals surface area contributed by atoms with E-state index in [0.717, 1.165) is 41.5 Å². The Balaban J connectivity index is 1.47. The highest BCUT2D eigenvalue weighted by Crippen LogP contribution is 2.35. The molecular formula is C23H30N4O2S. The third kappa shape index (κ3) is 4.17. The zero-order valence-corrected chi connectivity index (χ0v) is 19.0. The number of carbonyl (C=O) groups excluding carboxylic acids is 1. The molecule has 0 amide bonds. The second-order valence-corrected chi connectivity index (χ2v) is 9.61. The maximum absolute atomic E-state index is 12.6. The number of aryl methyl sites for hydroxylation is 1. The smallest absolute Gasteiger partial charge is 0.316 e. The number of aromatic nitrogens is 4. The molecular weight excluding hydrogens is 396 g/mol.